The number of unbranched alkanes of at least 4 members (excludes halogenated alkanes) is 1. The molecule has 4 aromatic rings. The van der Waals surface area contributed by atoms with Gasteiger partial charge in [-0.2, -0.15) is 0 Å². The molecule has 0 saturated heterocycles. The van der Waals surface area contributed by atoms with Crippen molar-refractivity contribution in [3.8, 4) is 39.7 Å². The number of aryl methyl sites for hydroxylation is 1. The SMILES string of the molecule is CCCCc1nc(-c2ccc(OCCCN(CC)CC)cc2)nn1-c1ccc(-c2ccc(OC(F)(F)F)cc2)cc1. The van der Waals surface area contributed by atoms with Crippen molar-refractivity contribution >= 4 is 0 Å². The molecule has 218 valence electrons. The van der Waals surface area contributed by atoms with E-state index in [4.69, 9.17) is 14.8 Å². The highest BCUT2D eigenvalue weighted by molar-refractivity contribution is 5.65. The summed E-state index contributed by atoms with van der Waals surface area (Å²) in [6.07, 6.45) is -0.916. The Morgan fingerprint density at radius 3 is 1.93 bits per heavy atom. The lowest BCUT2D eigenvalue weighted by Gasteiger charge is -2.17. The first-order valence-corrected chi connectivity index (χ1v) is 14.2. The smallest absolute Gasteiger partial charge is 0.494 e. The first-order chi connectivity index (χ1) is 19.8. The molecule has 6 nitrogen and oxygen atoms in total. The number of hydrogen-bond acceptors (Lipinski definition) is 5. The maximum Gasteiger partial charge on any atom is 0.573 e. The van der Waals surface area contributed by atoms with Crippen LogP contribution in [0.2, 0.25) is 0 Å². The van der Waals surface area contributed by atoms with Gasteiger partial charge in [0.05, 0.1) is 12.3 Å². The maximum absolute atomic E-state index is 12.5. The molecule has 0 saturated carbocycles. The van der Waals surface area contributed by atoms with Crippen molar-refractivity contribution in [2.45, 2.75) is 52.8 Å². The quantitative estimate of drug-likeness (QED) is 0.145. The molecule has 0 amide bonds. The van der Waals surface area contributed by atoms with Crippen molar-refractivity contribution in [1.82, 2.24) is 19.7 Å². The number of aromatic nitrogens is 3. The summed E-state index contributed by atoms with van der Waals surface area (Å²) in [5.41, 5.74) is 3.43. The zero-order valence-electron chi connectivity index (χ0n) is 23.8. The molecule has 0 aliphatic heterocycles. The standard InChI is InChI=1S/C32H37F3N4O2/c1-4-7-9-30-36-31(26-14-18-28(19-15-26)40-23-8-22-38(5-2)6-3)37-39(30)27-16-10-24(11-17-27)25-12-20-29(21-13-25)41-32(33,34)35/h10-21H,4-9,22-23H2,1-3H3. The third kappa shape index (κ3) is 8.57. The molecule has 0 radical (unpaired) electrons. The van der Waals surface area contributed by atoms with Gasteiger partial charge in [-0.15, -0.1) is 18.3 Å². The molecule has 0 fully saturated rings. The Hall–Kier alpha value is -3.85. The van der Waals surface area contributed by atoms with Crippen LogP contribution >= 0.6 is 0 Å². The van der Waals surface area contributed by atoms with Crippen molar-refractivity contribution < 1.29 is 22.6 Å². The minimum absolute atomic E-state index is 0.247. The van der Waals surface area contributed by atoms with Crippen LogP contribution in [0.3, 0.4) is 0 Å². The highest BCUT2D eigenvalue weighted by Gasteiger charge is 2.31. The predicted molar refractivity (Wildman–Crippen MR) is 155 cm³/mol. The predicted octanol–water partition coefficient (Wildman–Crippen LogP) is 7.95. The van der Waals surface area contributed by atoms with Crippen LogP contribution in [0.1, 0.15) is 45.9 Å². The van der Waals surface area contributed by atoms with E-state index in [-0.39, 0.29) is 5.75 Å². The molecular weight excluding hydrogens is 529 g/mol. The summed E-state index contributed by atoms with van der Waals surface area (Å²) < 4.78 is 49.2. The Labute approximate surface area is 239 Å². The number of benzene rings is 3. The molecule has 0 aliphatic carbocycles. The van der Waals surface area contributed by atoms with Gasteiger partial charge in [0.2, 0.25) is 0 Å². The maximum atomic E-state index is 12.5. The number of nitrogens with zero attached hydrogens (tertiary/aromatic N) is 4. The van der Waals surface area contributed by atoms with Crippen LogP contribution in [0.4, 0.5) is 13.2 Å². The van der Waals surface area contributed by atoms with Crippen molar-refractivity contribution in [1.29, 1.82) is 0 Å². The van der Waals surface area contributed by atoms with E-state index < -0.39 is 6.36 Å². The second kappa shape index (κ2) is 14.2. The molecule has 9 heteroatoms. The molecule has 0 N–H and O–H groups in total. The number of rotatable bonds is 14. The first-order valence-electron chi connectivity index (χ1n) is 14.2. The van der Waals surface area contributed by atoms with Crippen molar-refractivity contribution in [3.63, 3.8) is 0 Å². The first kappa shape index (κ1) is 30.1. The molecule has 0 spiro atoms. The van der Waals surface area contributed by atoms with Gasteiger partial charge in [-0.05, 0) is 85.6 Å². The van der Waals surface area contributed by atoms with E-state index >= 15 is 0 Å². The Kier molecular flexibility index (Phi) is 10.4. The molecule has 1 heterocycles. The van der Waals surface area contributed by atoms with Crippen LogP contribution in [0.5, 0.6) is 11.5 Å². The summed E-state index contributed by atoms with van der Waals surface area (Å²) in [5.74, 6) is 2.10. The van der Waals surface area contributed by atoms with Gasteiger partial charge in [-0.3, -0.25) is 0 Å². The molecule has 0 aliphatic rings. The summed E-state index contributed by atoms with van der Waals surface area (Å²) in [4.78, 5) is 7.24. The van der Waals surface area contributed by atoms with E-state index in [1.54, 1.807) is 12.1 Å². The molecule has 1 aromatic heterocycles. The van der Waals surface area contributed by atoms with Gasteiger partial charge in [-0.1, -0.05) is 51.5 Å². The Bertz CT molecular complexity index is 1350. The summed E-state index contributed by atoms with van der Waals surface area (Å²) in [5, 5.41) is 4.83. The van der Waals surface area contributed by atoms with E-state index in [0.29, 0.717) is 12.4 Å². The number of alkyl halides is 3. The summed E-state index contributed by atoms with van der Waals surface area (Å²) in [6.45, 7) is 10.3. The van der Waals surface area contributed by atoms with Crippen molar-refractivity contribution in [2.24, 2.45) is 0 Å². The summed E-state index contributed by atoms with van der Waals surface area (Å²) >= 11 is 0. The second-order valence-corrected chi connectivity index (χ2v) is 9.74. The highest BCUT2D eigenvalue weighted by Crippen LogP contribution is 2.28. The van der Waals surface area contributed by atoms with E-state index in [2.05, 4.69) is 30.4 Å². The van der Waals surface area contributed by atoms with E-state index in [1.165, 1.54) is 12.1 Å². The molecular formula is C32H37F3N4O2. The minimum Gasteiger partial charge on any atom is -0.494 e. The summed E-state index contributed by atoms with van der Waals surface area (Å²) in [6, 6.07) is 21.4. The van der Waals surface area contributed by atoms with Gasteiger partial charge >= 0.3 is 6.36 Å². The Morgan fingerprint density at radius 1 is 0.756 bits per heavy atom. The van der Waals surface area contributed by atoms with Crippen LogP contribution in [0, 0.1) is 0 Å². The van der Waals surface area contributed by atoms with Crippen LogP contribution in [-0.2, 0) is 6.42 Å². The van der Waals surface area contributed by atoms with Gasteiger partial charge in [0.25, 0.3) is 0 Å². The third-order valence-electron chi connectivity index (χ3n) is 6.86. The van der Waals surface area contributed by atoms with Crippen LogP contribution in [-0.4, -0.2) is 52.3 Å². The monoisotopic (exact) mass is 566 g/mol. The minimum atomic E-state index is -4.71. The van der Waals surface area contributed by atoms with Gasteiger partial charge in [0.1, 0.15) is 17.3 Å². The fourth-order valence-corrected chi connectivity index (χ4v) is 4.53. The largest absolute Gasteiger partial charge is 0.573 e. The molecule has 4 rings (SSSR count). The van der Waals surface area contributed by atoms with Gasteiger partial charge in [0, 0.05) is 18.5 Å². The van der Waals surface area contributed by atoms with Crippen LogP contribution in [0.25, 0.3) is 28.2 Å². The van der Waals surface area contributed by atoms with Crippen LogP contribution < -0.4 is 9.47 Å². The summed E-state index contributed by atoms with van der Waals surface area (Å²) in [7, 11) is 0. The Balaban J connectivity index is 1.47. The lowest BCUT2D eigenvalue weighted by Crippen LogP contribution is -2.25. The van der Waals surface area contributed by atoms with Gasteiger partial charge in [0.15, 0.2) is 5.82 Å². The average molecular weight is 567 g/mol. The Morgan fingerprint density at radius 2 is 1.34 bits per heavy atom. The number of hydrogen-bond donors (Lipinski definition) is 0. The average Bonchev–Trinajstić information content (AvgIpc) is 3.40. The van der Waals surface area contributed by atoms with E-state index in [0.717, 1.165) is 79.3 Å². The fourth-order valence-electron chi connectivity index (χ4n) is 4.53. The number of halogens is 3. The zero-order chi connectivity index (χ0) is 29.2. The third-order valence-corrected chi connectivity index (χ3v) is 6.86. The molecule has 0 unspecified atom stereocenters. The van der Waals surface area contributed by atoms with E-state index in [9.17, 15) is 13.2 Å². The molecule has 0 atom stereocenters. The molecule has 0 bridgehead atoms. The van der Waals surface area contributed by atoms with Crippen LogP contribution in [0.15, 0.2) is 72.8 Å². The van der Waals surface area contributed by atoms with Gasteiger partial charge < -0.3 is 14.4 Å². The van der Waals surface area contributed by atoms with E-state index in [1.807, 2.05) is 53.2 Å². The lowest BCUT2D eigenvalue weighted by atomic mass is 10.1. The molecule has 3 aromatic carbocycles. The fraction of sp³-hybridized carbons (Fsp3) is 0.375. The molecule has 41 heavy (non-hydrogen) atoms. The zero-order valence-corrected chi connectivity index (χ0v) is 23.8. The number of ether oxygens (including phenoxy) is 2. The normalized spacial score (nSPS) is 11.7. The van der Waals surface area contributed by atoms with Crippen molar-refractivity contribution in [2.75, 3.05) is 26.2 Å². The van der Waals surface area contributed by atoms with Crippen molar-refractivity contribution in [3.05, 3.63) is 78.6 Å². The second-order valence-electron chi connectivity index (χ2n) is 9.74. The lowest BCUT2D eigenvalue weighted by molar-refractivity contribution is -0.274. The highest BCUT2D eigenvalue weighted by atomic mass is 19.4. The topological polar surface area (TPSA) is 52.4 Å². The van der Waals surface area contributed by atoms with Gasteiger partial charge in [-0.25, -0.2) is 9.67 Å².